The van der Waals surface area contributed by atoms with Gasteiger partial charge in [-0.15, -0.1) is 0 Å². The van der Waals surface area contributed by atoms with Crippen LogP contribution >= 0.6 is 0 Å². The van der Waals surface area contributed by atoms with Crippen LogP contribution in [0.5, 0.6) is 0 Å². The van der Waals surface area contributed by atoms with Gasteiger partial charge in [-0.05, 0) is 31.1 Å². The van der Waals surface area contributed by atoms with Crippen LogP contribution in [0.2, 0.25) is 0 Å². The maximum atomic E-state index is 11.0. The molecule has 0 amide bonds. The molecule has 0 aliphatic heterocycles. The summed E-state index contributed by atoms with van der Waals surface area (Å²) in [5.74, 6) is 1.31. The zero-order valence-corrected chi connectivity index (χ0v) is 6.51. The maximum Gasteiger partial charge on any atom is 0.198 e. The summed E-state index contributed by atoms with van der Waals surface area (Å²) in [5, 5.41) is 0. The van der Waals surface area contributed by atoms with Crippen molar-refractivity contribution in [3.63, 3.8) is 0 Å². The lowest BCUT2D eigenvalue weighted by Gasteiger charge is -2.04. The Morgan fingerprint density at radius 2 is 1.36 bits per heavy atom. The molecule has 60 valence electrons. The predicted octanol–water partition coefficient (Wildman–Crippen LogP) is 1.33. The summed E-state index contributed by atoms with van der Waals surface area (Å²) in [7, 11) is 0. The normalized spacial score (nSPS) is 37.5. The molecule has 2 fully saturated rings. The summed E-state index contributed by atoms with van der Waals surface area (Å²) in [6.45, 7) is 0. The van der Waals surface area contributed by atoms with E-state index in [4.69, 9.17) is 0 Å². The first-order chi connectivity index (χ1) is 5.27. The fourth-order valence-electron chi connectivity index (χ4n) is 1.93. The van der Waals surface area contributed by atoms with Crippen LogP contribution < -0.4 is 0 Å². The van der Waals surface area contributed by atoms with Gasteiger partial charge < -0.3 is 0 Å². The summed E-state index contributed by atoms with van der Waals surface area (Å²) < 4.78 is 0. The van der Waals surface area contributed by atoms with Crippen molar-refractivity contribution in [2.45, 2.75) is 32.1 Å². The Morgan fingerprint density at radius 1 is 0.909 bits per heavy atom. The molecule has 0 unspecified atom stereocenters. The molecule has 0 spiro atoms. The minimum absolute atomic E-state index is 0.129. The Labute approximate surface area is 66.0 Å². The van der Waals surface area contributed by atoms with E-state index in [1.54, 1.807) is 0 Å². The number of rotatable bonds is 0. The third-order valence-corrected chi connectivity index (χ3v) is 2.86. The molecule has 0 heterocycles. The highest BCUT2D eigenvalue weighted by Gasteiger charge is 2.38. The van der Waals surface area contributed by atoms with E-state index in [0.29, 0.717) is 12.8 Å². The molecule has 0 bridgehead atoms. The van der Waals surface area contributed by atoms with Gasteiger partial charge in [0.25, 0.3) is 0 Å². The molecule has 2 atom stereocenters. The van der Waals surface area contributed by atoms with E-state index in [-0.39, 0.29) is 11.6 Å². The summed E-state index contributed by atoms with van der Waals surface area (Å²) in [6, 6.07) is 0. The van der Waals surface area contributed by atoms with Gasteiger partial charge in [-0.25, -0.2) is 0 Å². The smallest absolute Gasteiger partial charge is 0.198 e. The maximum absolute atomic E-state index is 11.0. The number of carbonyl (C=O) groups is 2. The first-order valence-electron chi connectivity index (χ1n) is 4.33. The molecule has 0 aromatic rings. The van der Waals surface area contributed by atoms with Crippen LogP contribution in [0.1, 0.15) is 32.1 Å². The molecule has 2 rings (SSSR count). The average Bonchev–Trinajstić information content (AvgIpc) is 2.72. The predicted molar refractivity (Wildman–Crippen MR) is 40.1 cm³/mol. The molecular formula is C9H12O2. The van der Waals surface area contributed by atoms with Gasteiger partial charge in [0.1, 0.15) is 0 Å². The summed E-state index contributed by atoms with van der Waals surface area (Å²) in [6.07, 6.45) is 4.23. The Morgan fingerprint density at radius 3 is 1.82 bits per heavy atom. The standard InChI is InChI=1S/C9H12O2/c10-8-3-1-6-5-7(6)2-4-9(8)11/h6-7H,1-5H2/t6-,7+. The average molecular weight is 152 g/mol. The van der Waals surface area contributed by atoms with Crippen LogP contribution in [0.25, 0.3) is 0 Å². The second kappa shape index (κ2) is 2.43. The third-order valence-electron chi connectivity index (χ3n) is 2.86. The van der Waals surface area contributed by atoms with Crippen LogP contribution in [-0.4, -0.2) is 11.6 Å². The lowest BCUT2D eigenvalue weighted by Crippen LogP contribution is -2.15. The van der Waals surface area contributed by atoms with Gasteiger partial charge in [-0.3, -0.25) is 9.59 Å². The number of fused-ring (bicyclic) bond motifs is 1. The zero-order valence-electron chi connectivity index (χ0n) is 6.51. The quantitative estimate of drug-likeness (QED) is 0.491. The summed E-state index contributed by atoms with van der Waals surface area (Å²) in [5.41, 5.74) is 0. The molecule has 0 aromatic heterocycles. The summed E-state index contributed by atoms with van der Waals surface area (Å²) in [4.78, 5) is 22.0. The lowest BCUT2D eigenvalue weighted by atomic mass is 9.99. The van der Waals surface area contributed by atoms with Gasteiger partial charge in [0.05, 0.1) is 0 Å². The van der Waals surface area contributed by atoms with Crippen molar-refractivity contribution in [3.05, 3.63) is 0 Å². The highest BCUT2D eigenvalue weighted by Crippen LogP contribution is 2.46. The molecule has 0 N–H and O–H groups in total. The van der Waals surface area contributed by atoms with Crippen LogP contribution in [0, 0.1) is 11.8 Å². The van der Waals surface area contributed by atoms with Gasteiger partial charge >= 0.3 is 0 Å². The number of carbonyl (C=O) groups excluding carboxylic acids is 2. The van der Waals surface area contributed by atoms with Crippen molar-refractivity contribution in [1.82, 2.24) is 0 Å². The minimum atomic E-state index is -0.129. The molecule has 2 nitrogen and oxygen atoms in total. The second-order valence-corrected chi connectivity index (χ2v) is 3.68. The fourth-order valence-corrected chi connectivity index (χ4v) is 1.93. The van der Waals surface area contributed by atoms with Gasteiger partial charge in [0.15, 0.2) is 11.6 Å². The van der Waals surface area contributed by atoms with Gasteiger partial charge in [0.2, 0.25) is 0 Å². The lowest BCUT2D eigenvalue weighted by molar-refractivity contribution is -0.137. The Bertz CT molecular complexity index is 186. The van der Waals surface area contributed by atoms with E-state index in [0.717, 1.165) is 24.7 Å². The molecule has 2 aliphatic carbocycles. The largest absolute Gasteiger partial charge is 0.291 e. The molecule has 11 heavy (non-hydrogen) atoms. The number of hydrogen-bond donors (Lipinski definition) is 0. The third kappa shape index (κ3) is 1.35. The Hall–Kier alpha value is -0.660. The van der Waals surface area contributed by atoms with Crippen molar-refractivity contribution in [1.29, 1.82) is 0 Å². The topological polar surface area (TPSA) is 34.1 Å². The van der Waals surface area contributed by atoms with Crippen molar-refractivity contribution in [3.8, 4) is 0 Å². The van der Waals surface area contributed by atoms with Crippen molar-refractivity contribution < 1.29 is 9.59 Å². The van der Waals surface area contributed by atoms with E-state index >= 15 is 0 Å². The first kappa shape index (κ1) is 7.01. The van der Waals surface area contributed by atoms with Gasteiger partial charge in [-0.2, -0.15) is 0 Å². The SMILES string of the molecule is O=C1CC[C@@H]2C[C@@H]2CCC1=O. The molecule has 2 heteroatoms. The van der Waals surface area contributed by atoms with Gasteiger partial charge in [-0.1, -0.05) is 0 Å². The number of hydrogen-bond acceptors (Lipinski definition) is 2. The summed E-state index contributed by atoms with van der Waals surface area (Å²) >= 11 is 0. The van der Waals surface area contributed by atoms with Crippen LogP contribution in [0.15, 0.2) is 0 Å². The number of Topliss-reactive ketones (excluding diaryl/α,β-unsaturated/α-hetero) is 2. The van der Waals surface area contributed by atoms with Crippen LogP contribution in [0.3, 0.4) is 0 Å². The van der Waals surface area contributed by atoms with Crippen LogP contribution in [-0.2, 0) is 9.59 Å². The first-order valence-corrected chi connectivity index (χ1v) is 4.33. The Balaban J connectivity index is 1.99. The van der Waals surface area contributed by atoms with Crippen molar-refractivity contribution in [2.24, 2.45) is 11.8 Å². The minimum Gasteiger partial charge on any atom is -0.291 e. The van der Waals surface area contributed by atoms with Crippen molar-refractivity contribution >= 4 is 11.6 Å². The molecule has 2 aliphatic rings. The highest BCUT2D eigenvalue weighted by molar-refractivity contribution is 6.37. The van der Waals surface area contributed by atoms with Crippen molar-refractivity contribution in [2.75, 3.05) is 0 Å². The monoisotopic (exact) mass is 152 g/mol. The fraction of sp³-hybridized carbons (Fsp3) is 0.778. The van der Waals surface area contributed by atoms with E-state index in [1.807, 2.05) is 0 Å². The molecule has 2 saturated carbocycles. The van der Waals surface area contributed by atoms with Gasteiger partial charge in [0, 0.05) is 12.8 Å². The molecule has 0 aromatic carbocycles. The Kier molecular flexibility index (Phi) is 1.55. The highest BCUT2D eigenvalue weighted by atomic mass is 16.2. The van der Waals surface area contributed by atoms with Crippen LogP contribution in [0.4, 0.5) is 0 Å². The zero-order chi connectivity index (χ0) is 7.84. The number of ketones is 2. The molecule has 0 saturated heterocycles. The second-order valence-electron chi connectivity index (χ2n) is 3.68. The molecular weight excluding hydrogens is 140 g/mol. The van der Waals surface area contributed by atoms with E-state index in [9.17, 15) is 9.59 Å². The van der Waals surface area contributed by atoms with E-state index < -0.39 is 0 Å². The van der Waals surface area contributed by atoms with E-state index in [2.05, 4.69) is 0 Å². The van der Waals surface area contributed by atoms with E-state index in [1.165, 1.54) is 6.42 Å². The molecule has 0 radical (unpaired) electrons.